The van der Waals surface area contributed by atoms with Crippen LogP contribution < -0.4 is 20.4 Å². The van der Waals surface area contributed by atoms with Gasteiger partial charge in [-0.05, 0) is 24.3 Å². The van der Waals surface area contributed by atoms with Crippen molar-refractivity contribution in [3.63, 3.8) is 0 Å². The molecule has 0 aliphatic heterocycles. The SMILES string of the molecule is Oc1ccc(C(c2ccc(O)cc2)c2ccc(C(c3ccc(O)cc3)c3ccc(OP(Cc4ccccc4)(c4ccccc4)(c4ccccc4)c4ccccc4)cc3)cc2)cc1. The van der Waals surface area contributed by atoms with Gasteiger partial charge in [0, 0.05) is 0 Å². The molecule has 9 rings (SSSR count). The number of benzene rings is 9. The van der Waals surface area contributed by atoms with Crippen molar-refractivity contribution in [2.24, 2.45) is 0 Å². The fourth-order valence-electron chi connectivity index (χ4n) is 9.06. The zero-order valence-electron chi connectivity index (χ0n) is 34.2. The van der Waals surface area contributed by atoms with Gasteiger partial charge in [-0.25, -0.2) is 0 Å². The normalized spacial score (nSPS) is 12.6. The van der Waals surface area contributed by atoms with Gasteiger partial charge in [0.1, 0.15) is 11.5 Å². The van der Waals surface area contributed by atoms with Gasteiger partial charge in [0.15, 0.2) is 0 Å². The summed E-state index contributed by atoms with van der Waals surface area (Å²) in [6.45, 7) is -3.81. The molecule has 0 spiro atoms. The standard InChI is InChI=1S/C57H47O4P/c58-49-33-25-45(26-34-49)56(46-27-35-50(59)36-28-46)43-21-23-44(24-22-43)57(47-29-37-51(60)38-30-47)48-31-39-52(40-32-48)61-62(53-15-7-2-8-16-53,54-17-9-3-10-18-54,55-19-11-4-12-20-55)41-42-13-5-1-6-14-42/h1-40,56-60H,41H2. The predicted molar refractivity (Wildman–Crippen MR) is 255 cm³/mol. The van der Waals surface area contributed by atoms with E-state index in [2.05, 4.69) is 170 Å². The fourth-order valence-corrected chi connectivity index (χ4v) is 14.8. The van der Waals surface area contributed by atoms with Crippen LogP contribution in [0.25, 0.3) is 0 Å². The summed E-state index contributed by atoms with van der Waals surface area (Å²) in [7, 11) is 0. The summed E-state index contributed by atoms with van der Waals surface area (Å²) < 4.78 is 7.92. The van der Waals surface area contributed by atoms with Crippen LogP contribution in [0.15, 0.2) is 243 Å². The van der Waals surface area contributed by atoms with Crippen molar-refractivity contribution < 1.29 is 19.8 Å². The molecule has 0 aromatic heterocycles. The molecule has 0 aliphatic rings. The molecule has 0 bridgehead atoms. The maximum atomic E-state index is 10.3. The van der Waals surface area contributed by atoms with Crippen LogP contribution in [0.2, 0.25) is 0 Å². The molecule has 0 fully saturated rings. The molecule has 4 nitrogen and oxygen atoms in total. The number of phenolic OH excluding ortho intramolecular Hbond substituents is 3. The zero-order chi connectivity index (χ0) is 42.4. The minimum absolute atomic E-state index is 0.125. The van der Waals surface area contributed by atoms with Crippen LogP contribution in [-0.2, 0) is 6.16 Å². The van der Waals surface area contributed by atoms with Gasteiger partial charge in [-0.1, -0.05) is 24.3 Å². The molecular formula is C57H47O4P. The van der Waals surface area contributed by atoms with Gasteiger partial charge in [-0.15, -0.1) is 0 Å². The molecule has 62 heavy (non-hydrogen) atoms. The Labute approximate surface area is 363 Å². The fraction of sp³-hybridized carbons (Fsp3) is 0.0526. The van der Waals surface area contributed by atoms with E-state index in [4.69, 9.17) is 4.52 Å². The van der Waals surface area contributed by atoms with Gasteiger partial charge in [0.2, 0.25) is 0 Å². The van der Waals surface area contributed by atoms with Crippen LogP contribution in [-0.4, -0.2) is 15.3 Å². The summed E-state index contributed by atoms with van der Waals surface area (Å²) in [5, 5.41) is 34.0. The third-order valence-electron chi connectivity index (χ3n) is 12.0. The van der Waals surface area contributed by atoms with E-state index < -0.39 is 6.83 Å². The zero-order valence-corrected chi connectivity index (χ0v) is 35.0. The molecule has 9 aromatic rings. The van der Waals surface area contributed by atoms with E-state index in [0.29, 0.717) is 6.16 Å². The molecule has 0 aliphatic carbocycles. The maximum absolute atomic E-state index is 10.3. The number of hydrogen-bond acceptors (Lipinski definition) is 4. The van der Waals surface area contributed by atoms with E-state index in [0.717, 1.165) is 55.0 Å². The summed E-state index contributed by atoms with van der Waals surface area (Å²) in [5.74, 6) is 1.12. The van der Waals surface area contributed by atoms with Crippen LogP contribution in [0.5, 0.6) is 23.0 Å². The van der Waals surface area contributed by atoms with Gasteiger partial charge in [-0.2, -0.15) is 0 Å². The monoisotopic (exact) mass is 826 g/mol. The van der Waals surface area contributed by atoms with Crippen molar-refractivity contribution in [2.45, 2.75) is 18.0 Å². The molecule has 1 unspecified atom stereocenters. The number of hydrogen-bond donors (Lipinski definition) is 3. The first-order valence-corrected chi connectivity index (χ1v) is 23.2. The second-order valence-electron chi connectivity index (χ2n) is 15.8. The Bertz CT molecular complexity index is 2690. The van der Waals surface area contributed by atoms with Crippen LogP contribution in [0, 0.1) is 0 Å². The molecule has 0 saturated carbocycles. The minimum atomic E-state index is -3.81. The quantitative estimate of drug-likeness (QED) is 0.0800. The van der Waals surface area contributed by atoms with Crippen molar-refractivity contribution >= 4 is 22.7 Å². The first kappa shape index (κ1) is 40.0. The largest absolute Gasteiger partial charge is 0.0544 e. The van der Waals surface area contributed by atoms with Crippen LogP contribution in [0.3, 0.4) is 0 Å². The molecule has 0 saturated heterocycles. The van der Waals surface area contributed by atoms with Gasteiger partial charge in [0.25, 0.3) is 0 Å². The maximum Gasteiger partial charge on any atom is -0.0199 e. The molecule has 0 heterocycles. The second-order valence-corrected chi connectivity index (χ2v) is 20.3. The number of aromatic hydroxyl groups is 3. The average molecular weight is 827 g/mol. The topological polar surface area (TPSA) is 69.9 Å². The summed E-state index contributed by atoms with van der Waals surface area (Å²) >= 11 is 0. The Morgan fingerprint density at radius 3 is 0.871 bits per heavy atom. The molecular weight excluding hydrogens is 780 g/mol. The minimum Gasteiger partial charge on any atom is -0.0544 e. The first-order chi connectivity index (χ1) is 30.4. The molecule has 9 aromatic carbocycles. The van der Waals surface area contributed by atoms with Crippen molar-refractivity contribution in [1.82, 2.24) is 0 Å². The van der Waals surface area contributed by atoms with E-state index in [1.807, 2.05) is 36.4 Å². The Morgan fingerprint density at radius 2 is 0.565 bits per heavy atom. The molecule has 3 N–H and O–H groups in total. The summed E-state index contributed by atoms with van der Waals surface area (Å²) in [6, 6.07) is 82.3. The van der Waals surface area contributed by atoms with Gasteiger partial charge < -0.3 is 10.2 Å². The Morgan fingerprint density at radius 1 is 0.306 bits per heavy atom. The summed E-state index contributed by atoms with van der Waals surface area (Å²) in [4.78, 5) is 0. The van der Waals surface area contributed by atoms with Crippen LogP contribution in [0.1, 0.15) is 50.8 Å². The molecule has 5 heteroatoms. The van der Waals surface area contributed by atoms with Crippen molar-refractivity contribution in [3.05, 3.63) is 282 Å². The van der Waals surface area contributed by atoms with Crippen LogP contribution in [0.4, 0.5) is 0 Å². The van der Waals surface area contributed by atoms with Gasteiger partial charge in [-0.3, -0.25) is 0 Å². The first-order valence-electron chi connectivity index (χ1n) is 20.9. The Kier molecular flexibility index (Phi) is 11.2. The number of phenols is 3. The van der Waals surface area contributed by atoms with Gasteiger partial charge >= 0.3 is 295 Å². The third-order valence-corrected chi connectivity index (χ3v) is 17.8. The Balaban J connectivity index is 1.16. The average Bonchev–Trinajstić information content (AvgIpc) is 3.33. The molecule has 0 radical (unpaired) electrons. The van der Waals surface area contributed by atoms with Crippen molar-refractivity contribution in [3.8, 4) is 23.0 Å². The molecule has 1 atom stereocenters. The van der Waals surface area contributed by atoms with E-state index >= 15 is 0 Å². The Hall–Kier alpha value is -7.39. The van der Waals surface area contributed by atoms with Crippen molar-refractivity contribution in [1.29, 1.82) is 0 Å². The second kappa shape index (κ2) is 17.3. The van der Waals surface area contributed by atoms with E-state index in [1.165, 1.54) is 5.56 Å². The van der Waals surface area contributed by atoms with Gasteiger partial charge in [0.05, 0.1) is 0 Å². The summed E-state index contributed by atoms with van der Waals surface area (Å²) in [5.41, 5.74) is 7.52. The summed E-state index contributed by atoms with van der Waals surface area (Å²) in [6.07, 6.45) is 0.657. The van der Waals surface area contributed by atoms with Crippen molar-refractivity contribution in [2.75, 3.05) is 0 Å². The number of rotatable bonds is 13. The molecule has 0 amide bonds. The van der Waals surface area contributed by atoms with E-state index in [9.17, 15) is 15.3 Å². The third kappa shape index (κ3) is 7.73. The van der Waals surface area contributed by atoms with E-state index in [-0.39, 0.29) is 29.1 Å². The smallest absolute Gasteiger partial charge is 0.0199 e. The molecule has 304 valence electrons. The van der Waals surface area contributed by atoms with E-state index in [1.54, 1.807) is 36.4 Å². The van der Waals surface area contributed by atoms with Crippen LogP contribution >= 0.6 is 6.83 Å². The predicted octanol–water partition coefficient (Wildman–Crippen LogP) is 12.2.